The van der Waals surface area contributed by atoms with Gasteiger partial charge in [-0.05, 0) is 94.0 Å². The molecule has 0 atom stereocenters. The van der Waals surface area contributed by atoms with Crippen LogP contribution in [0.4, 0.5) is 0 Å². The van der Waals surface area contributed by atoms with Crippen molar-refractivity contribution >= 4 is 43.6 Å². The molecule has 0 N–H and O–H groups in total. The first-order valence-electron chi connectivity index (χ1n) is 18.5. The van der Waals surface area contributed by atoms with Crippen molar-refractivity contribution in [2.24, 2.45) is 0 Å². The Morgan fingerprint density at radius 1 is 0.340 bits per heavy atom. The third-order valence-corrected chi connectivity index (χ3v) is 9.82. The van der Waals surface area contributed by atoms with Crippen LogP contribution in [0.15, 0.2) is 194 Å². The van der Waals surface area contributed by atoms with Crippen molar-refractivity contribution in [3.8, 4) is 44.8 Å². The molecule has 0 amide bonds. The monoisotopic (exact) mass is 639 g/mol. The molecule has 0 saturated carbocycles. The number of aromatic nitrogens is 2. The molecular weight excluding hydrogens is 605 g/mol. The Morgan fingerprint density at radius 3 is 1.76 bits per heavy atom. The van der Waals surface area contributed by atoms with Crippen molar-refractivity contribution in [2.45, 2.75) is 0 Å². The van der Waals surface area contributed by atoms with Crippen LogP contribution in [0.5, 0.6) is 0 Å². The minimum absolute atomic E-state index is 0.0439. The van der Waals surface area contributed by atoms with Gasteiger partial charge in [-0.3, -0.25) is 0 Å². The van der Waals surface area contributed by atoms with Crippen molar-refractivity contribution in [3.05, 3.63) is 194 Å². The van der Waals surface area contributed by atoms with Crippen molar-refractivity contribution in [1.29, 1.82) is 0 Å². The fourth-order valence-electron chi connectivity index (χ4n) is 7.57. The Bertz CT molecular complexity index is 3020. The summed E-state index contributed by atoms with van der Waals surface area (Å²) >= 11 is 0. The van der Waals surface area contributed by atoms with E-state index in [0.29, 0.717) is 16.5 Å². The van der Waals surface area contributed by atoms with Gasteiger partial charge in [0, 0.05) is 32.9 Å². The second kappa shape index (κ2) is 11.5. The number of nitrogens with zero attached hydrogens (tertiary/aromatic N) is 2. The minimum Gasteiger partial charge on any atom is -0.309 e. The molecule has 50 heavy (non-hydrogen) atoms. The van der Waals surface area contributed by atoms with E-state index in [9.17, 15) is 4.11 Å². The van der Waals surface area contributed by atoms with Gasteiger partial charge in [0.15, 0.2) is 0 Å². The molecular formula is C48H32N2. The molecule has 234 valence electrons. The van der Waals surface area contributed by atoms with E-state index in [1.807, 2.05) is 66.7 Å². The van der Waals surface area contributed by atoms with Crippen molar-refractivity contribution in [1.82, 2.24) is 9.13 Å². The highest BCUT2D eigenvalue weighted by atomic mass is 15.0. The first kappa shape index (κ1) is 25.4. The summed E-state index contributed by atoms with van der Waals surface area (Å²) in [7, 11) is 0. The maximum atomic E-state index is 9.93. The largest absolute Gasteiger partial charge is 0.309 e. The number of hydrogen-bond acceptors (Lipinski definition) is 0. The Labute approximate surface area is 294 Å². The summed E-state index contributed by atoms with van der Waals surface area (Å²) in [6, 6.07) is 60.5. The lowest BCUT2D eigenvalue weighted by Gasteiger charge is -2.11. The fraction of sp³-hybridized carbons (Fsp3) is 0. The molecule has 0 unspecified atom stereocenters. The van der Waals surface area contributed by atoms with Gasteiger partial charge in [-0.25, -0.2) is 0 Å². The molecule has 0 saturated heterocycles. The van der Waals surface area contributed by atoms with E-state index in [1.165, 1.54) is 0 Å². The van der Waals surface area contributed by atoms with Crippen LogP contribution >= 0.6 is 0 Å². The van der Waals surface area contributed by atoms with E-state index < -0.39 is 0 Å². The van der Waals surface area contributed by atoms with Gasteiger partial charge in [0.25, 0.3) is 0 Å². The SMILES string of the molecule is [2H]c1c(-c2ccc3c(c2)c2ccccc2n3-c2cccc(-c3ccccc3)c2)c([2H])c2c3c(-c4ccccc4)cccc3n(-c3ccccc3)c2c1[2H]. The summed E-state index contributed by atoms with van der Waals surface area (Å²) in [5.41, 5.74) is 11.1. The maximum absolute atomic E-state index is 9.93. The second-order valence-electron chi connectivity index (χ2n) is 12.7. The highest BCUT2D eigenvalue weighted by molar-refractivity contribution is 6.17. The van der Waals surface area contributed by atoms with Gasteiger partial charge in [-0.15, -0.1) is 0 Å². The standard InChI is InChI=1S/C48H32N2/c1-4-14-33(15-5-1)35-18-12-21-39(30-35)50-44-24-11-10-22-41(44)42-31-36(26-28-45(42)50)37-27-29-46-43(32-37)48-40(34-16-6-2-7-17-34)23-13-25-47(48)49(46)38-19-8-3-9-20-38/h1-32H/i27D,29D,32D. The molecule has 0 aliphatic carbocycles. The number of benzene rings is 8. The topological polar surface area (TPSA) is 9.86 Å². The van der Waals surface area contributed by atoms with Crippen LogP contribution in [-0.4, -0.2) is 9.13 Å². The van der Waals surface area contributed by atoms with Crippen molar-refractivity contribution in [2.75, 3.05) is 0 Å². The Morgan fingerprint density at radius 2 is 0.940 bits per heavy atom. The highest BCUT2D eigenvalue weighted by Gasteiger charge is 2.18. The number of fused-ring (bicyclic) bond motifs is 6. The van der Waals surface area contributed by atoms with Crippen LogP contribution in [-0.2, 0) is 0 Å². The zero-order valence-electron chi connectivity index (χ0n) is 30.1. The lowest BCUT2D eigenvalue weighted by Crippen LogP contribution is -1.94. The van der Waals surface area contributed by atoms with Crippen LogP contribution in [0.2, 0.25) is 0 Å². The highest BCUT2D eigenvalue weighted by Crippen LogP contribution is 2.41. The van der Waals surface area contributed by atoms with Gasteiger partial charge in [0.2, 0.25) is 0 Å². The van der Waals surface area contributed by atoms with Gasteiger partial charge in [0.05, 0.1) is 26.2 Å². The van der Waals surface area contributed by atoms with Crippen LogP contribution in [0, 0.1) is 0 Å². The first-order valence-corrected chi connectivity index (χ1v) is 17.0. The molecule has 2 nitrogen and oxygen atoms in total. The number of rotatable bonds is 5. The quantitative estimate of drug-likeness (QED) is 0.177. The van der Waals surface area contributed by atoms with Gasteiger partial charge >= 0.3 is 0 Å². The minimum atomic E-state index is 0.0439. The molecule has 2 aromatic heterocycles. The summed E-state index contributed by atoms with van der Waals surface area (Å²) in [6.07, 6.45) is 0. The molecule has 0 spiro atoms. The lowest BCUT2D eigenvalue weighted by atomic mass is 9.97. The molecule has 0 aliphatic heterocycles. The van der Waals surface area contributed by atoms with E-state index >= 15 is 0 Å². The normalized spacial score (nSPS) is 12.4. The van der Waals surface area contributed by atoms with Gasteiger partial charge < -0.3 is 9.13 Å². The summed E-state index contributed by atoms with van der Waals surface area (Å²) in [5.74, 6) is 0. The predicted octanol–water partition coefficient (Wildman–Crippen LogP) is 12.9. The van der Waals surface area contributed by atoms with E-state index in [2.05, 4.69) is 118 Å². The fourth-order valence-corrected chi connectivity index (χ4v) is 7.57. The molecule has 0 bridgehead atoms. The molecule has 0 aliphatic rings. The Hall–Kier alpha value is -6.64. The molecule has 10 aromatic rings. The average Bonchev–Trinajstić information content (AvgIpc) is 3.75. The van der Waals surface area contributed by atoms with E-state index in [1.54, 1.807) is 0 Å². The van der Waals surface area contributed by atoms with E-state index in [4.69, 9.17) is 0 Å². The predicted molar refractivity (Wildman–Crippen MR) is 211 cm³/mol. The summed E-state index contributed by atoms with van der Waals surface area (Å²) < 4.78 is 33.4. The molecule has 0 radical (unpaired) electrons. The van der Waals surface area contributed by atoms with E-state index in [0.717, 1.165) is 71.9 Å². The zero-order chi connectivity index (χ0) is 35.6. The van der Waals surface area contributed by atoms with Crippen LogP contribution in [0.25, 0.3) is 88.4 Å². The maximum Gasteiger partial charge on any atom is 0.0645 e. The molecule has 2 heteroatoms. The Kier molecular flexibility index (Phi) is 5.84. The zero-order valence-corrected chi connectivity index (χ0v) is 27.1. The molecule has 10 rings (SSSR count). The van der Waals surface area contributed by atoms with Crippen molar-refractivity contribution < 1.29 is 4.11 Å². The van der Waals surface area contributed by atoms with Gasteiger partial charge in [0.1, 0.15) is 0 Å². The molecule has 0 fully saturated rings. The third kappa shape index (κ3) is 4.50. The second-order valence-corrected chi connectivity index (χ2v) is 12.7. The van der Waals surface area contributed by atoms with E-state index in [-0.39, 0.29) is 18.1 Å². The summed E-state index contributed by atoms with van der Waals surface area (Å²) in [4.78, 5) is 0. The lowest BCUT2D eigenvalue weighted by molar-refractivity contribution is 1.18. The first-order chi connectivity index (χ1) is 26.1. The molecule has 8 aromatic carbocycles. The molecule has 2 heterocycles. The average molecular weight is 640 g/mol. The summed E-state index contributed by atoms with van der Waals surface area (Å²) in [6.45, 7) is 0. The Balaban J connectivity index is 1.25. The third-order valence-electron chi connectivity index (χ3n) is 9.82. The van der Waals surface area contributed by atoms with Gasteiger partial charge in [-0.1, -0.05) is 133 Å². The number of hydrogen-bond donors (Lipinski definition) is 0. The van der Waals surface area contributed by atoms with Crippen molar-refractivity contribution in [3.63, 3.8) is 0 Å². The van der Waals surface area contributed by atoms with Crippen LogP contribution in [0.3, 0.4) is 0 Å². The van der Waals surface area contributed by atoms with Crippen LogP contribution in [0.1, 0.15) is 4.11 Å². The number of para-hydroxylation sites is 2. The van der Waals surface area contributed by atoms with Gasteiger partial charge in [-0.2, -0.15) is 0 Å². The van der Waals surface area contributed by atoms with Crippen LogP contribution < -0.4 is 0 Å². The smallest absolute Gasteiger partial charge is 0.0645 e. The summed E-state index contributed by atoms with van der Waals surface area (Å²) in [5, 5.41) is 3.71.